The van der Waals surface area contributed by atoms with Crippen LogP contribution in [0.25, 0.3) is 0 Å². The molecular formula is C23H27BrN4O3S. The molecule has 1 aliphatic heterocycles. The molecule has 0 atom stereocenters. The van der Waals surface area contributed by atoms with E-state index in [1.807, 2.05) is 43.0 Å². The van der Waals surface area contributed by atoms with Crippen molar-refractivity contribution in [3.8, 4) is 5.75 Å². The average molecular weight is 519 g/mol. The molecule has 0 aliphatic carbocycles. The minimum absolute atomic E-state index is 0.000324. The van der Waals surface area contributed by atoms with Crippen LogP contribution in [0.4, 0.5) is 11.4 Å². The van der Waals surface area contributed by atoms with Crippen molar-refractivity contribution in [2.24, 2.45) is 5.92 Å². The van der Waals surface area contributed by atoms with Crippen molar-refractivity contribution >= 4 is 56.4 Å². The number of carbonyl (C=O) groups excluding carboxylic acids is 2. The summed E-state index contributed by atoms with van der Waals surface area (Å²) in [6.07, 6.45) is 0. The third kappa shape index (κ3) is 5.77. The van der Waals surface area contributed by atoms with Crippen molar-refractivity contribution < 1.29 is 14.3 Å². The molecule has 0 aromatic heterocycles. The van der Waals surface area contributed by atoms with Gasteiger partial charge >= 0.3 is 0 Å². The van der Waals surface area contributed by atoms with Crippen LogP contribution in [-0.2, 0) is 4.79 Å². The number of thiocarbonyl (C=S) groups is 1. The van der Waals surface area contributed by atoms with Gasteiger partial charge in [0, 0.05) is 36.6 Å². The van der Waals surface area contributed by atoms with Crippen molar-refractivity contribution in [3.05, 3.63) is 52.5 Å². The van der Waals surface area contributed by atoms with Crippen LogP contribution >= 0.6 is 28.1 Å². The number of nitrogens with zero attached hydrogens (tertiary/aromatic N) is 2. The maximum absolute atomic E-state index is 12.7. The zero-order valence-corrected chi connectivity index (χ0v) is 20.8. The Bertz CT molecular complexity index is 1010. The second kappa shape index (κ2) is 10.8. The van der Waals surface area contributed by atoms with Gasteiger partial charge in [0.25, 0.3) is 5.91 Å². The first kappa shape index (κ1) is 24.0. The Morgan fingerprint density at radius 2 is 1.78 bits per heavy atom. The van der Waals surface area contributed by atoms with Crippen LogP contribution in [0.1, 0.15) is 24.2 Å². The predicted octanol–water partition coefficient (Wildman–Crippen LogP) is 3.89. The zero-order valence-electron chi connectivity index (χ0n) is 18.4. The standard InChI is InChI=1S/C23H27BrN4O3S/c1-15(2)22(30)28-12-10-27(11-13-28)19-7-5-4-6-18(19)25-23(32)26-21(29)17-14-16(24)8-9-20(17)31-3/h4-9,14-15H,10-13H2,1-3H3,(H2,25,26,29,32). The van der Waals surface area contributed by atoms with Crippen molar-refractivity contribution in [1.82, 2.24) is 10.2 Å². The number of ether oxygens (including phenoxy) is 1. The Morgan fingerprint density at radius 1 is 1.09 bits per heavy atom. The second-order valence-corrected chi connectivity index (χ2v) is 9.06. The minimum Gasteiger partial charge on any atom is -0.496 e. The third-order valence-electron chi connectivity index (χ3n) is 5.21. The molecule has 0 unspecified atom stereocenters. The normalized spacial score (nSPS) is 13.7. The molecule has 1 aliphatic rings. The summed E-state index contributed by atoms with van der Waals surface area (Å²) in [6.45, 7) is 6.65. The van der Waals surface area contributed by atoms with E-state index < -0.39 is 0 Å². The van der Waals surface area contributed by atoms with Gasteiger partial charge in [-0.2, -0.15) is 0 Å². The second-order valence-electron chi connectivity index (χ2n) is 7.74. The Labute approximate surface area is 202 Å². The molecule has 1 saturated heterocycles. The largest absolute Gasteiger partial charge is 0.496 e. The van der Waals surface area contributed by atoms with E-state index in [0.717, 1.165) is 28.9 Å². The number of benzene rings is 2. The summed E-state index contributed by atoms with van der Waals surface area (Å²) in [7, 11) is 1.52. The van der Waals surface area contributed by atoms with Crippen LogP contribution < -0.4 is 20.3 Å². The summed E-state index contributed by atoms with van der Waals surface area (Å²) < 4.78 is 6.05. The Hall–Kier alpha value is -2.65. The van der Waals surface area contributed by atoms with Gasteiger partial charge in [-0.05, 0) is 42.5 Å². The topological polar surface area (TPSA) is 73.9 Å². The lowest BCUT2D eigenvalue weighted by molar-refractivity contribution is -0.134. The van der Waals surface area contributed by atoms with E-state index in [9.17, 15) is 9.59 Å². The molecule has 2 aromatic carbocycles. The molecule has 32 heavy (non-hydrogen) atoms. The van der Waals surface area contributed by atoms with Gasteiger partial charge in [-0.25, -0.2) is 0 Å². The maximum atomic E-state index is 12.7. The summed E-state index contributed by atoms with van der Waals surface area (Å²) in [5.41, 5.74) is 2.15. The molecule has 0 radical (unpaired) electrons. The molecule has 2 aromatic rings. The van der Waals surface area contributed by atoms with Crippen molar-refractivity contribution in [3.63, 3.8) is 0 Å². The highest BCUT2D eigenvalue weighted by Gasteiger charge is 2.24. The quantitative estimate of drug-likeness (QED) is 0.585. The first-order valence-corrected chi connectivity index (χ1v) is 11.6. The first-order valence-electron chi connectivity index (χ1n) is 10.4. The number of halogens is 1. The third-order valence-corrected chi connectivity index (χ3v) is 5.91. The van der Waals surface area contributed by atoms with E-state index in [2.05, 4.69) is 31.5 Å². The number of para-hydroxylation sites is 2. The van der Waals surface area contributed by atoms with Gasteiger partial charge in [-0.1, -0.05) is 41.9 Å². The van der Waals surface area contributed by atoms with Crippen LogP contribution in [0, 0.1) is 5.92 Å². The molecule has 2 amide bonds. The molecule has 1 fully saturated rings. The molecule has 2 N–H and O–H groups in total. The van der Waals surface area contributed by atoms with Gasteiger partial charge in [-0.15, -0.1) is 0 Å². The molecule has 1 heterocycles. The lowest BCUT2D eigenvalue weighted by Gasteiger charge is -2.37. The van der Waals surface area contributed by atoms with Gasteiger partial charge in [0.15, 0.2) is 5.11 Å². The lowest BCUT2D eigenvalue weighted by Crippen LogP contribution is -2.50. The van der Waals surface area contributed by atoms with Crippen molar-refractivity contribution in [1.29, 1.82) is 0 Å². The lowest BCUT2D eigenvalue weighted by atomic mass is 10.1. The molecule has 0 bridgehead atoms. The van der Waals surface area contributed by atoms with Gasteiger partial charge in [0.05, 0.1) is 24.0 Å². The predicted molar refractivity (Wildman–Crippen MR) is 134 cm³/mol. The average Bonchev–Trinajstić information content (AvgIpc) is 2.79. The number of anilines is 2. The fourth-order valence-electron chi connectivity index (χ4n) is 3.57. The highest BCUT2D eigenvalue weighted by Crippen LogP contribution is 2.27. The highest BCUT2D eigenvalue weighted by atomic mass is 79.9. The van der Waals surface area contributed by atoms with Crippen molar-refractivity contribution in [2.45, 2.75) is 13.8 Å². The van der Waals surface area contributed by atoms with E-state index in [-0.39, 0.29) is 22.8 Å². The molecular weight excluding hydrogens is 492 g/mol. The zero-order chi connectivity index (χ0) is 23.3. The molecule has 3 rings (SSSR count). The maximum Gasteiger partial charge on any atom is 0.261 e. The van der Waals surface area contributed by atoms with E-state index >= 15 is 0 Å². The number of hydrogen-bond donors (Lipinski definition) is 2. The van der Waals surface area contributed by atoms with E-state index in [0.29, 0.717) is 24.4 Å². The fourth-order valence-corrected chi connectivity index (χ4v) is 4.13. The minimum atomic E-state index is -0.362. The summed E-state index contributed by atoms with van der Waals surface area (Å²) >= 11 is 8.77. The van der Waals surface area contributed by atoms with Crippen LogP contribution in [0.3, 0.4) is 0 Å². The molecule has 170 valence electrons. The summed E-state index contributed by atoms with van der Waals surface area (Å²) in [5.74, 6) is 0.282. The van der Waals surface area contributed by atoms with Crippen molar-refractivity contribution in [2.75, 3.05) is 43.5 Å². The highest BCUT2D eigenvalue weighted by molar-refractivity contribution is 9.10. The van der Waals surface area contributed by atoms with Crippen LogP contribution in [0.15, 0.2) is 46.9 Å². The molecule has 7 nitrogen and oxygen atoms in total. The Morgan fingerprint density at radius 3 is 2.44 bits per heavy atom. The van der Waals surface area contributed by atoms with E-state index in [4.69, 9.17) is 17.0 Å². The fraction of sp³-hybridized carbons (Fsp3) is 0.348. The van der Waals surface area contributed by atoms with Crippen LogP contribution in [0.5, 0.6) is 5.75 Å². The summed E-state index contributed by atoms with van der Waals surface area (Å²) in [5, 5.41) is 6.05. The van der Waals surface area contributed by atoms with Gasteiger partial charge in [0.2, 0.25) is 5.91 Å². The molecule has 0 saturated carbocycles. The monoisotopic (exact) mass is 518 g/mol. The Kier molecular flexibility index (Phi) is 8.09. The van der Waals surface area contributed by atoms with E-state index in [1.54, 1.807) is 18.2 Å². The summed E-state index contributed by atoms with van der Waals surface area (Å²) in [6, 6.07) is 13.0. The van der Waals surface area contributed by atoms with Gasteiger partial charge < -0.3 is 19.9 Å². The van der Waals surface area contributed by atoms with Gasteiger partial charge in [-0.3, -0.25) is 14.9 Å². The number of nitrogens with one attached hydrogen (secondary N) is 2. The SMILES string of the molecule is COc1ccc(Br)cc1C(=O)NC(=S)Nc1ccccc1N1CCN(C(=O)C(C)C)CC1. The summed E-state index contributed by atoms with van der Waals surface area (Å²) in [4.78, 5) is 29.1. The first-order chi connectivity index (χ1) is 15.3. The van der Waals surface area contributed by atoms with Crippen LogP contribution in [0.2, 0.25) is 0 Å². The molecule has 0 spiro atoms. The number of hydrogen-bond acceptors (Lipinski definition) is 5. The number of carbonyl (C=O) groups is 2. The molecule has 9 heteroatoms. The van der Waals surface area contributed by atoms with Gasteiger partial charge in [0.1, 0.15) is 5.75 Å². The number of rotatable bonds is 5. The van der Waals surface area contributed by atoms with E-state index in [1.165, 1.54) is 7.11 Å². The number of methoxy groups -OCH3 is 1. The smallest absolute Gasteiger partial charge is 0.261 e. The Balaban J connectivity index is 1.67. The number of amides is 2. The number of piperazine rings is 1. The van der Waals surface area contributed by atoms with Crippen LogP contribution in [-0.4, -0.2) is 55.1 Å².